The van der Waals surface area contributed by atoms with E-state index in [1.54, 1.807) is 19.2 Å². The number of aromatic nitrogens is 1. The lowest BCUT2D eigenvalue weighted by atomic mass is 10.2. The maximum atomic E-state index is 13.2. The number of benzene rings is 2. The van der Waals surface area contributed by atoms with Crippen molar-refractivity contribution in [1.82, 2.24) is 4.98 Å². The van der Waals surface area contributed by atoms with Gasteiger partial charge in [0.25, 0.3) is 0 Å². The Kier molecular flexibility index (Phi) is 7.38. The lowest BCUT2D eigenvalue weighted by Crippen LogP contribution is -2.09. The summed E-state index contributed by atoms with van der Waals surface area (Å²) in [6, 6.07) is 11.9. The van der Waals surface area contributed by atoms with E-state index in [0.717, 1.165) is 16.9 Å². The highest BCUT2D eigenvalue weighted by Gasteiger charge is 2.31. The summed E-state index contributed by atoms with van der Waals surface area (Å²) in [5.74, 6) is 0. The Labute approximate surface area is 190 Å². The van der Waals surface area contributed by atoms with Crippen molar-refractivity contribution in [2.45, 2.75) is 32.5 Å². The number of rotatable bonds is 9. The first-order chi connectivity index (χ1) is 14.7. The number of hydrogen-bond donors (Lipinski definition) is 1. The van der Waals surface area contributed by atoms with Gasteiger partial charge in [-0.15, -0.1) is 0 Å². The predicted molar refractivity (Wildman–Crippen MR) is 121 cm³/mol. The molecule has 0 aliphatic carbocycles. The molecule has 0 atom stereocenters. The van der Waals surface area contributed by atoms with Crippen molar-refractivity contribution < 1.29 is 21.6 Å². The van der Waals surface area contributed by atoms with Crippen molar-refractivity contribution in [3.63, 3.8) is 0 Å². The van der Waals surface area contributed by atoms with Crippen molar-refractivity contribution in [3.05, 3.63) is 59.1 Å². The number of sulfone groups is 2. The first-order valence-electron chi connectivity index (χ1n) is 9.22. The van der Waals surface area contributed by atoms with Crippen LogP contribution < -0.4 is 5.32 Å². The molecule has 11 heteroatoms. The van der Waals surface area contributed by atoms with Gasteiger partial charge in [-0.05, 0) is 49.7 Å². The second-order valence-corrected chi connectivity index (χ2v) is 12.1. The predicted octanol–water partition coefficient (Wildman–Crippen LogP) is 4.22. The Balaban J connectivity index is 2.07. The minimum Gasteiger partial charge on any atom is -0.385 e. The Hall–Kier alpha value is -1.98. The molecule has 166 valence electrons. The molecule has 2 aromatic carbocycles. The number of ether oxygens (including phenoxy) is 1. The minimum atomic E-state index is -4.04. The number of anilines is 1. The maximum Gasteiger partial charge on any atom is 0.233 e. The molecule has 3 aromatic rings. The summed E-state index contributed by atoms with van der Waals surface area (Å²) in [5.41, 5.74) is 0.904. The Morgan fingerprint density at radius 3 is 2.16 bits per heavy atom. The summed E-state index contributed by atoms with van der Waals surface area (Å²) in [4.78, 5) is 4.09. The second-order valence-electron chi connectivity index (χ2n) is 6.66. The molecule has 0 radical (unpaired) electrons. The molecular formula is C20H21ClN2O5S3. The molecule has 1 aromatic heterocycles. The van der Waals surface area contributed by atoms with Crippen LogP contribution in [0.1, 0.15) is 12.0 Å². The fraction of sp³-hybridized carbons (Fsp3) is 0.250. The van der Waals surface area contributed by atoms with Gasteiger partial charge in [-0.25, -0.2) is 21.8 Å². The molecule has 7 nitrogen and oxygen atoms in total. The standard InChI is InChI=1S/C20H21ClN2O5S3/c1-14-4-8-16(9-5-14)30(24,25)19-18(22-12-3-13-28-2)29-20(23-19)31(26,27)17-10-6-15(21)7-11-17/h4-11,22H,3,12-13H2,1-2H3. The van der Waals surface area contributed by atoms with E-state index < -0.39 is 19.7 Å². The van der Waals surface area contributed by atoms with Crippen molar-refractivity contribution in [3.8, 4) is 0 Å². The van der Waals surface area contributed by atoms with Gasteiger partial charge < -0.3 is 10.1 Å². The van der Waals surface area contributed by atoms with Crippen molar-refractivity contribution >= 4 is 47.6 Å². The smallest absolute Gasteiger partial charge is 0.233 e. The fourth-order valence-corrected chi connectivity index (χ4v) is 7.10. The highest BCUT2D eigenvalue weighted by Crippen LogP contribution is 2.36. The first-order valence-corrected chi connectivity index (χ1v) is 13.4. The van der Waals surface area contributed by atoms with E-state index in [-0.39, 0.29) is 24.2 Å². The topological polar surface area (TPSA) is 102 Å². The number of hydrogen-bond acceptors (Lipinski definition) is 8. The highest BCUT2D eigenvalue weighted by molar-refractivity contribution is 7.94. The minimum absolute atomic E-state index is 0.0177. The molecule has 0 unspecified atom stereocenters. The van der Waals surface area contributed by atoms with Crippen LogP contribution in [0.25, 0.3) is 0 Å². The zero-order valence-electron chi connectivity index (χ0n) is 16.8. The van der Waals surface area contributed by atoms with Crippen LogP contribution >= 0.6 is 22.9 Å². The van der Waals surface area contributed by atoms with Gasteiger partial charge in [0.1, 0.15) is 5.00 Å². The quantitative estimate of drug-likeness (QED) is 0.439. The average Bonchev–Trinajstić information content (AvgIpc) is 3.18. The number of nitrogens with zero attached hydrogens (tertiary/aromatic N) is 1. The summed E-state index contributed by atoms with van der Waals surface area (Å²) in [5, 5.41) is 3.25. The van der Waals surface area contributed by atoms with Gasteiger partial charge in [0.05, 0.1) is 9.79 Å². The number of halogens is 1. The Bertz CT molecular complexity index is 1250. The van der Waals surface area contributed by atoms with E-state index in [2.05, 4.69) is 10.3 Å². The van der Waals surface area contributed by atoms with E-state index in [4.69, 9.17) is 16.3 Å². The third kappa shape index (κ3) is 5.27. The SMILES string of the molecule is COCCCNc1sc(S(=O)(=O)c2ccc(Cl)cc2)nc1S(=O)(=O)c1ccc(C)cc1. The van der Waals surface area contributed by atoms with E-state index in [0.29, 0.717) is 24.6 Å². The van der Waals surface area contributed by atoms with Crippen LogP contribution in [0.4, 0.5) is 5.00 Å². The maximum absolute atomic E-state index is 13.2. The summed E-state index contributed by atoms with van der Waals surface area (Å²) >= 11 is 6.64. The summed E-state index contributed by atoms with van der Waals surface area (Å²) in [6.45, 7) is 2.72. The van der Waals surface area contributed by atoms with Gasteiger partial charge in [0.2, 0.25) is 24.0 Å². The number of thiazole rings is 1. The molecule has 3 rings (SSSR count). The van der Waals surface area contributed by atoms with Gasteiger partial charge in [-0.2, -0.15) is 0 Å². The molecule has 0 saturated heterocycles. The van der Waals surface area contributed by atoms with Crippen LogP contribution in [0.3, 0.4) is 0 Å². The monoisotopic (exact) mass is 500 g/mol. The average molecular weight is 501 g/mol. The van der Waals surface area contributed by atoms with Crippen LogP contribution in [-0.2, 0) is 24.4 Å². The zero-order chi connectivity index (χ0) is 22.6. The number of aryl methyl sites for hydroxylation is 1. The third-order valence-electron chi connectivity index (χ3n) is 4.33. The molecule has 0 aliphatic rings. The molecule has 0 bridgehead atoms. The molecule has 0 fully saturated rings. The number of methoxy groups -OCH3 is 1. The van der Waals surface area contributed by atoms with E-state index >= 15 is 0 Å². The third-order valence-corrected chi connectivity index (χ3v) is 9.57. The lowest BCUT2D eigenvalue weighted by Gasteiger charge is -2.07. The molecule has 0 aliphatic heterocycles. The molecule has 0 spiro atoms. The summed E-state index contributed by atoms with van der Waals surface area (Å²) in [6.07, 6.45) is 0.609. The van der Waals surface area contributed by atoms with Crippen LogP contribution in [0, 0.1) is 6.92 Å². The second kappa shape index (κ2) is 9.66. The normalized spacial score (nSPS) is 12.1. The zero-order valence-corrected chi connectivity index (χ0v) is 20.0. The molecule has 1 N–H and O–H groups in total. The Morgan fingerprint density at radius 2 is 1.55 bits per heavy atom. The summed E-state index contributed by atoms with van der Waals surface area (Å²) in [7, 11) is -6.49. The highest BCUT2D eigenvalue weighted by atomic mass is 35.5. The van der Waals surface area contributed by atoms with Crippen LogP contribution in [0.5, 0.6) is 0 Å². The van der Waals surface area contributed by atoms with E-state index in [9.17, 15) is 16.8 Å². The molecule has 0 saturated carbocycles. The van der Waals surface area contributed by atoms with Gasteiger partial charge in [0.15, 0.2) is 5.03 Å². The van der Waals surface area contributed by atoms with Gasteiger partial charge >= 0.3 is 0 Å². The van der Waals surface area contributed by atoms with Crippen molar-refractivity contribution in [2.75, 3.05) is 25.6 Å². The molecular weight excluding hydrogens is 480 g/mol. The van der Waals surface area contributed by atoms with Crippen molar-refractivity contribution in [1.29, 1.82) is 0 Å². The van der Waals surface area contributed by atoms with Crippen LogP contribution in [-0.4, -0.2) is 42.1 Å². The van der Waals surface area contributed by atoms with E-state index in [1.165, 1.54) is 36.4 Å². The van der Waals surface area contributed by atoms with Crippen LogP contribution in [0.15, 0.2) is 67.7 Å². The molecule has 31 heavy (non-hydrogen) atoms. The van der Waals surface area contributed by atoms with Gasteiger partial charge in [-0.3, -0.25) is 0 Å². The Morgan fingerprint density at radius 1 is 0.968 bits per heavy atom. The van der Waals surface area contributed by atoms with Crippen LogP contribution in [0.2, 0.25) is 5.02 Å². The van der Waals surface area contributed by atoms with Gasteiger partial charge in [0, 0.05) is 25.3 Å². The molecule has 0 amide bonds. The van der Waals surface area contributed by atoms with Crippen molar-refractivity contribution in [2.24, 2.45) is 0 Å². The molecule has 1 heterocycles. The van der Waals surface area contributed by atoms with E-state index in [1.807, 2.05) is 6.92 Å². The first kappa shape index (κ1) is 23.7. The number of nitrogens with one attached hydrogen (secondary N) is 1. The summed E-state index contributed by atoms with van der Waals surface area (Å²) < 4.78 is 57.3. The lowest BCUT2D eigenvalue weighted by molar-refractivity contribution is 0.198. The van der Waals surface area contributed by atoms with Gasteiger partial charge in [-0.1, -0.05) is 40.6 Å². The largest absolute Gasteiger partial charge is 0.385 e. The fourth-order valence-electron chi connectivity index (χ4n) is 2.66.